The summed E-state index contributed by atoms with van der Waals surface area (Å²) in [5.74, 6) is 0. The van der Waals surface area contributed by atoms with Crippen molar-refractivity contribution >= 4 is 11.6 Å². The molecule has 0 amide bonds. The number of hydrogen-bond donors (Lipinski definition) is 0. The van der Waals surface area contributed by atoms with Gasteiger partial charge in [-0.2, -0.15) is 0 Å². The molecule has 0 bridgehead atoms. The van der Waals surface area contributed by atoms with Crippen LogP contribution in [0.4, 0.5) is 0 Å². The maximum atomic E-state index is 6.67. The molecule has 92 valence electrons. The second-order valence-corrected chi connectivity index (χ2v) is 35.1. The van der Waals surface area contributed by atoms with Gasteiger partial charge in [0, 0.05) is 0 Å². The third-order valence-corrected chi connectivity index (χ3v) is 58.6. The first-order valence-corrected chi connectivity index (χ1v) is 14.2. The molecule has 0 aliphatic carbocycles. The first kappa shape index (κ1) is 6.66. The summed E-state index contributed by atoms with van der Waals surface area (Å²) in [6.45, 7) is -2.94. The predicted octanol–water partition coefficient (Wildman–Crippen LogP) is 5.14. The Bertz CT molecular complexity index is 1080. The van der Waals surface area contributed by atoms with Crippen LogP contribution in [0.1, 0.15) is 5.56 Å². The molecule has 0 saturated carbocycles. The van der Waals surface area contributed by atoms with Gasteiger partial charge in [0.1, 0.15) is 0 Å². The molecule has 10 aliphatic rings. The van der Waals surface area contributed by atoms with E-state index in [9.17, 15) is 0 Å². The number of fused-ring (bicyclic) bond motifs is 10. The molecule has 1 aromatic carbocycles. The summed E-state index contributed by atoms with van der Waals surface area (Å²) in [6.07, 6.45) is 0. The van der Waals surface area contributed by atoms with Crippen molar-refractivity contribution in [2.75, 3.05) is 0 Å². The normalized spacial score (nSPS) is 113. The van der Waals surface area contributed by atoms with Crippen molar-refractivity contribution in [1.82, 2.24) is 0 Å². The van der Waals surface area contributed by atoms with Crippen molar-refractivity contribution < 1.29 is 6.51 Å². The van der Waals surface area contributed by atoms with Crippen LogP contribution in [0, 0.1) is 0 Å². The molecule has 0 nitrogen and oxygen atoms in total. The predicted molar refractivity (Wildman–Crippen MR) is 66.9 cm³/mol. The molecule has 2 heteroatoms. The van der Waals surface area contributed by atoms with Crippen LogP contribution in [0.3, 0.4) is 0 Å². The van der Waals surface area contributed by atoms with Gasteiger partial charge in [0.2, 0.25) is 0 Å². The van der Waals surface area contributed by atoms with Crippen molar-refractivity contribution in [3.63, 3.8) is 0 Å². The minimum atomic E-state index is -2.94. The van der Waals surface area contributed by atoms with Crippen LogP contribution in [-0.2, 0) is 10.8 Å². The average molecular weight is 297 g/mol. The summed E-state index contributed by atoms with van der Waals surface area (Å²) >= 11 is 6.67. The third kappa shape index (κ3) is 0.0684. The van der Waals surface area contributed by atoms with Crippen molar-refractivity contribution in [2.24, 2.45) is 0 Å². The van der Waals surface area contributed by atoms with E-state index >= 15 is 0 Å². The molecule has 0 N–H and O–H groups in total. The van der Waals surface area contributed by atoms with Gasteiger partial charge >= 0.3 is 101 Å². The summed E-state index contributed by atoms with van der Waals surface area (Å²) in [5, 5.41) is 1.14. The summed E-state index contributed by atoms with van der Waals surface area (Å²) in [4.78, 5) is 12.5. The van der Waals surface area contributed by atoms with E-state index in [4.69, 9.17) is 11.6 Å². The second-order valence-electron chi connectivity index (χ2n) is 11.2. The van der Waals surface area contributed by atoms with E-state index in [1.165, 1.54) is 43.3 Å². The van der Waals surface area contributed by atoms with Crippen molar-refractivity contribution in [1.29, 1.82) is 0 Å². The Hall–Kier alpha value is 0.0295. The van der Waals surface area contributed by atoms with Gasteiger partial charge in [0.05, 0.1) is 0 Å². The Balaban J connectivity index is 1.61. The van der Waals surface area contributed by atoms with Crippen molar-refractivity contribution in [2.45, 2.75) is 47.7 Å². The van der Waals surface area contributed by atoms with Gasteiger partial charge in [0.25, 0.3) is 0 Å². The quantitative estimate of drug-likeness (QED) is 0.630. The van der Waals surface area contributed by atoms with Crippen LogP contribution in [0.15, 0.2) is 24.3 Å². The molecule has 10 heterocycles. The zero-order valence-corrected chi connectivity index (χ0v) is 11.6. The van der Waals surface area contributed by atoms with Gasteiger partial charge in [-0.25, -0.2) is 0 Å². The van der Waals surface area contributed by atoms with Gasteiger partial charge in [0.15, 0.2) is 0 Å². The fourth-order valence-corrected chi connectivity index (χ4v) is 92.2. The molecule has 1 aromatic rings. The molecule has 0 radical (unpaired) electrons. The van der Waals surface area contributed by atoms with E-state index in [0.717, 1.165) is 9.34 Å². The third-order valence-electron chi connectivity index (χ3n) is 16.0. The molecule has 11 rings (SSSR count). The Labute approximate surface area is 100 Å². The van der Waals surface area contributed by atoms with Gasteiger partial charge in [-0.1, -0.05) is 0 Å². The first-order valence-electron chi connectivity index (χ1n) is 7.52. The van der Waals surface area contributed by atoms with Crippen LogP contribution in [0.25, 0.3) is 0 Å². The molecule has 4 atom stereocenters. The zero-order chi connectivity index (χ0) is 11.0. The molecular formula is C16H13ClFe. The molecule has 0 aromatic heterocycles. The molecule has 4 unspecified atom stereocenters. The van der Waals surface area contributed by atoms with E-state index in [0.29, 0.717) is 0 Å². The van der Waals surface area contributed by atoms with Crippen molar-refractivity contribution in [3.8, 4) is 0 Å². The van der Waals surface area contributed by atoms with Crippen molar-refractivity contribution in [3.05, 3.63) is 34.9 Å². The fourth-order valence-electron chi connectivity index (χ4n) is 17.7. The van der Waals surface area contributed by atoms with Crippen LogP contribution < -0.4 is 0 Å². The monoisotopic (exact) mass is 296 g/mol. The van der Waals surface area contributed by atoms with Crippen LogP contribution >= 0.6 is 11.6 Å². The molecule has 1 spiro atoms. The molecule has 10 fully saturated rings. The van der Waals surface area contributed by atoms with Crippen LogP contribution in [0.5, 0.6) is 0 Å². The maximum absolute atomic E-state index is 6.67. The molecule has 10 saturated heterocycles. The first-order chi connectivity index (χ1) is 8.56. The molecular weight excluding hydrogens is 283 g/mol. The number of benzene rings is 1. The molecule has 18 heavy (non-hydrogen) atoms. The SMILES string of the molecule is Clc1ccccc1[C]12[CH]3[CH]4[CH]5[CH]1[Fe]45321678[CH]2[CH]1[CH]6[CH]7[CH]28. The molecule has 10 aliphatic heterocycles. The van der Waals surface area contributed by atoms with Crippen LogP contribution in [-0.4, -0.2) is 0 Å². The van der Waals surface area contributed by atoms with E-state index < -0.39 is 6.51 Å². The Morgan fingerprint density at radius 1 is 0.833 bits per heavy atom. The Morgan fingerprint density at radius 3 is 1.78 bits per heavy atom. The van der Waals surface area contributed by atoms with Gasteiger partial charge < -0.3 is 0 Å². The average Bonchev–Trinajstić information content (AvgIpc) is 3.33. The van der Waals surface area contributed by atoms with E-state index in [2.05, 4.69) is 24.3 Å². The standard InChI is InChI=1S/C11H8Cl.C5H5.Fe/c12-11-8-4-3-7-10(11)9-5-1-2-6-9;1-2-4-5-3-1;/h1-8H;1-5H;. The Morgan fingerprint density at radius 2 is 1.39 bits per heavy atom. The van der Waals surface area contributed by atoms with E-state index in [1.54, 1.807) is 5.56 Å². The van der Waals surface area contributed by atoms with E-state index in [-0.39, 0.29) is 0 Å². The summed E-state index contributed by atoms with van der Waals surface area (Å²) in [7, 11) is 0. The van der Waals surface area contributed by atoms with Crippen LogP contribution in [0.2, 0.25) is 48.4 Å². The summed E-state index contributed by atoms with van der Waals surface area (Å²) < 4.78 is 0.845. The Kier molecular flexibility index (Phi) is 0.209. The van der Waals surface area contributed by atoms with Gasteiger partial charge in [-0.3, -0.25) is 0 Å². The summed E-state index contributed by atoms with van der Waals surface area (Å²) in [5.41, 5.74) is 1.69. The van der Waals surface area contributed by atoms with Gasteiger partial charge in [-0.05, 0) is 0 Å². The van der Waals surface area contributed by atoms with E-state index in [1.807, 2.05) is 0 Å². The topological polar surface area (TPSA) is 0 Å². The second kappa shape index (κ2) is 0.565. The van der Waals surface area contributed by atoms with Gasteiger partial charge in [-0.15, -0.1) is 0 Å². The number of rotatable bonds is 1. The number of halogens is 1. The minimum absolute atomic E-state index is 0.845. The fraction of sp³-hybridized carbons (Fsp3) is 0.625. The number of hydrogen-bond acceptors (Lipinski definition) is 0. The zero-order valence-electron chi connectivity index (χ0n) is 9.74. The summed E-state index contributed by atoms with van der Waals surface area (Å²) in [6, 6.07) is 9.04.